The first kappa shape index (κ1) is 6.92. The van der Waals surface area contributed by atoms with Gasteiger partial charge in [0.15, 0.2) is 0 Å². The Kier molecular flexibility index (Phi) is 2.26. The highest BCUT2D eigenvalue weighted by atomic mass is 28.1. The standard InChI is InChI=1S/C5H11OSi/c1-3-4-5(2,6)7/h3H,1,4H2,2,7H3. The van der Waals surface area contributed by atoms with Crippen molar-refractivity contribution in [3.05, 3.63) is 12.7 Å². The van der Waals surface area contributed by atoms with E-state index in [-0.39, 0.29) is 0 Å². The second-order valence-electron chi connectivity index (χ2n) is 2.25. The van der Waals surface area contributed by atoms with Gasteiger partial charge in [-0.25, -0.2) is 5.11 Å². The Balaban J connectivity index is 3.34. The van der Waals surface area contributed by atoms with Gasteiger partial charge < -0.3 is 0 Å². The Morgan fingerprint density at radius 3 is 2.43 bits per heavy atom. The maximum absolute atomic E-state index is 10.7. The van der Waals surface area contributed by atoms with Crippen LogP contribution in [0.25, 0.3) is 0 Å². The quantitative estimate of drug-likeness (QED) is 0.359. The molecule has 0 saturated heterocycles. The highest BCUT2D eigenvalue weighted by Crippen LogP contribution is 2.02. The minimum absolute atomic E-state index is 0.610. The molecule has 1 nitrogen and oxygen atoms in total. The fraction of sp³-hybridized carbons (Fsp3) is 0.600. The summed E-state index contributed by atoms with van der Waals surface area (Å²) in [6.45, 7) is 5.18. The number of hydrogen-bond donors (Lipinski definition) is 0. The zero-order valence-electron chi connectivity index (χ0n) is 4.90. The van der Waals surface area contributed by atoms with Gasteiger partial charge in [0, 0.05) is 10.2 Å². The van der Waals surface area contributed by atoms with Gasteiger partial charge in [-0.05, 0) is 13.3 Å². The SMILES string of the molecule is C=CCC(C)([O])[SiH3]. The van der Waals surface area contributed by atoms with Crippen LogP contribution in [0.15, 0.2) is 12.7 Å². The fourth-order valence-electron chi connectivity index (χ4n) is 0.348. The van der Waals surface area contributed by atoms with Crippen molar-refractivity contribution in [3.8, 4) is 0 Å². The van der Waals surface area contributed by atoms with Crippen molar-refractivity contribution in [1.29, 1.82) is 0 Å². The summed E-state index contributed by atoms with van der Waals surface area (Å²) < 4.78 is 0. The summed E-state index contributed by atoms with van der Waals surface area (Å²) in [6, 6.07) is 0. The van der Waals surface area contributed by atoms with Gasteiger partial charge in [0.2, 0.25) is 0 Å². The van der Waals surface area contributed by atoms with E-state index < -0.39 is 5.22 Å². The third kappa shape index (κ3) is 5.92. The second-order valence-corrected chi connectivity index (χ2v) is 4.37. The van der Waals surface area contributed by atoms with Crippen molar-refractivity contribution in [1.82, 2.24) is 0 Å². The Bertz CT molecular complexity index is 63.0. The Hall–Kier alpha value is -0.0831. The van der Waals surface area contributed by atoms with Crippen molar-refractivity contribution < 1.29 is 5.11 Å². The van der Waals surface area contributed by atoms with E-state index in [0.717, 1.165) is 0 Å². The topological polar surface area (TPSA) is 19.9 Å². The van der Waals surface area contributed by atoms with E-state index in [1.54, 1.807) is 13.0 Å². The van der Waals surface area contributed by atoms with Crippen LogP contribution in [0.1, 0.15) is 13.3 Å². The van der Waals surface area contributed by atoms with Gasteiger partial charge in [-0.2, -0.15) is 0 Å². The van der Waals surface area contributed by atoms with Gasteiger partial charge in [0.05, 0.1) is 5.22 Å². The van der Waals surface area contributed by atoms with Crippen LogP contribution >= 0.6 is 0 Å². The molecule has 0 bridgehead atoms. The first-order valence-electron chi connectivity index (χ1n) is 2.37. The fourth-order valence-corrected chi connectivity index (χ4v) is 0.636. The molecule has 1 unspecified atom stereocenters. The molecule has 0 heterocycles. The van der Waals surface area contributed by atoms with E-state index in [4.69, 9.17) is 0 Å². The summed E-state index contributed by atoms with van der Waals surface area (Å²) in [5.74, 6) is 0. The molecule has 0 aromatic heterocycles. The van der Waals surface area contributed by atoms with E-state index in [1.807, 2.05) is 0 Å². The highest BCUT2D eigenvalue weighted by molar-refractivity contribution is 6.13. The predicted octanol–water partition coefficient (Wildman–Crippen LogP) is 0.0746. The normalized spacial score (nSPS) is 18.6. The largest absolute Gasteiger partial charge is 0.235 e. The maximum atomic E-state index is 10.7. The molecule has 0 saturated carbocycles. The Labute approximate surface area is 47.5 Å². The van der Waals surface area contributed by atoms with Gasteiger partial charge >= 0.3 is 0 Å². The van der Waals surface area contributed by atoms with Crippen LogP contribution < -0.4 is 0 Å². The molecule has 41 valence electrons. The third-order valence-electron chi connectivity index (χ3n) is 0.636. The van der Waals surface area contributed by atoms with Gasteiger partial charge in [-0.15, -0.1) is 6.58 Å². The molecule has 1 radical (unpaired) electrons. The van der Waals surface area contributed by atoms with E-state index in [0.29, 0.717) is 16.7 Å². The molecule has 0 rings (SSSR count). The zero-order valence-corrected chi connectivity index (χ0v) is 6.90. The van der Waals surface area contributed by atoms with Crippen molar-refractivity contribution >= 4 is 10.2 Å². The van der Waals surface area contributed by atoms with Gasteiger partial charge in [-0.3, -0.25) is 0 Å². The van der Waals surface area contributed by atoms with Gasteiger partial charge in [0.25, 0.3) is 0 Å². The minimum Gasteiger partial charge on any atom is -0.235 e. The number of rotatable bonds is 2. The molecule has 2 heteroatoms. The van der Waals surface area contributed by atoms with E-state index >= 15 is 0 Å². The van der Waals surface area contributed by atoms with Crippen LogP contribution in [0.3, 0.4) is 0 Å². The van der Waals surface area contributed by atoms with E-state index in [1.165, 1.54) is 0 Å². The van der Waals surface area contributed by atoms with Crippen LogP contribution in [0.2, 0.25) is 0 Å². The molecule has 0 fully saturated rings. The molecule has 1 atom stereocenters. The molecular formula is C5H11OSi. The Morgan fingerprint density at radius 1 is 2.00 bits per heavy atom. The van der Waals surface area contributed by atoms with Gasteiger partial charge in [0.1, 0.15) is 0 Å². The lowest BCUT2D eigenvalue weighted by Gasteiger charge is -2.08. The smallest absolute Gasteiger partial charge is 0.0836 e. The number of hydrogen-bond acceptors (Lipinski definition) is 0. The first-order valence-corrected chi connectivity index (χ1v) is 3.37. The molecular weight excluding hydrogens is 104 g/mol. The van der Waals surface area contributed by atoms with Crippen molar-refractivity contribution in [3.63, 3.8) is 0 Å². The monoisotopic (exact) mass is 115 g/mol. The molecule has 0 amide bonds. The summed E-state index contributed by atoms with van der Waals surface area (Å²) >= 11 is 0. The second kappa shape index (κ2) is 2.28. The Morgan fingerprint density at radius 2 is 2.43 bits per heavy atom. The molecule has 0 aliphatic heterocycles. The summed E-state index contributed by atoms with van der Waals surface area (Å²) in [7, 11) is 0.711. The minimum atomic E-state index is -0.679. The zero-order chi connectivity index (χ0) is 5.91. The lowest BCUT2D eigenvalue weighted by atomic mass is 10.3. The van der Waals surface area contributed by atoms with Crippen molar-refractivity contribution in [2.24, 2.45) is 0 Å². The molecule has 0 spiro atoms. The lowest BCUT2D eigenvalue weighted by molar-refractivity contribution is 0.0666. The van der Waals surface area contributed by atoms with Crippen molar-refractivity contribution in [2.45, 2.75) is 18.6 Å². The lowest BCUT2D eigenvalue weighted by Crippen LogP contribution is -2.20. The van der Waals surface area contributed by atoms with Crippen LogP contribution in [-0.2, 0) is 5.11 Å². The predicted molar refractivity (Wildman–Crippen MR) is 33.8 cm³/mol. The summed E-state index contributed by atoms with van der Waals surface area (Å²) in [4.78, 5) is 0. The van der Waals surface area contributed by atoms with Crippen molar-refractivity contribution in [2.75, 3.05) is 0 Å². The van der Waals surface area contributed by atoms with E-state index in [9.17, 15) is 5.11 Å². The summed E-state index contributed by atoms with van der Waals surface area (Å²) in [6.07, 6.45) is 2.29. The van der Waals surface area contributed by atoms with Gasteiger partial charge in [-0.1, -0.05) is 6.08 Å². The van der Waals surface area contributed by atoms with E-state index in [2.05, 4.69) is 6.58 Å². The molecule has 7 heavy (non-hydrogen) atoms. The van der Waals surface area contributed by atoms with Crippen LogP contribution in [0.4, 0.5) is 0 Å². The molecule has 0 aromatic rings. The molecule has 0 aliphatic rings. The molecule has 0 N–H and O–H groups in total. The maximum Gasteiger partial charge on any atom is 0.0836 e. The average molecular weight is 115 g/mol. The third-order valence-corrected chi connectivity index (χ3v) is 1.04. The highest BCUT2D eigenvalue weighted by Gasteiger charge is 2.10. The first-order chi connectivity index (χ1) is 3.06. The summed E-state index contributed by atoms with van der Waals surface area (Å²) in [5, 5.41) is 10.0. The molecule has 0 aliphatic carbocycles. The summed E-state index contributed by atoms with van der Waals surface area (Å²) in [5.41, 5.74) is 0. The van der Waals surface area contributed by atoms with Crippen LogP contribution in [0, 0.1) is 0 Å². The molecule has 0 aromatic carbocycles. The van der Waals surface area contributed by atoms with Crippen LogP contribution in [0.5, 0.6) is 0 Å². The van der Waals surface area contributed by atoms with Crippen LogP contribution in [-0.4, -0.2) is 15.5 Å². The average Bonchev–Trinajstić information content (AvgIpc) is 1.30.